The molecule has 4 aromatic carbocycles. The molecule has 4 aromatic rings. The molecule has 1 nitrogen and oxygen atoms in total. The summed E-state index contributed by atoms with van der Waals surface area (Å²) in [5, 5.41) is 2.25. The fourth-order valence-corrected chi connectivity index (χ4v) is 5.09. The lowest BCUT2D eigenvalue weighted by molar-refractivity contribution is -0.138. The van der Waals surface area contributed by atoms with Crippen LogP contribution in [-0.2, 0) is 25.2 Å². The zero-order chi connectivity index (χ0) is 28.0. The summed E-state index contributed by atoms with van der Waals surface area (Å²) in [7, 11) is 0. The normalized spacial score (nSPS) is 12.9. The topological polar surface area (TPSA) is 3.24 Å². The van der Waals surface area contributed by atoms with E-state index >= 15 is 0 Å². The van der Waals surface area contributed by atoms with Crippen LogP contribution in [-0.4, -0.2) is 18.0 Å². The van der Waals surface area contributed by atoms with Gasteiger partial charge < -0.3 is 0 Å². The van der Waals surface area contributed by atoms with Gasteiger partial charge >= 0.3 is 12.4 Å². The van der Waals surface area contributed by atoms with Crippen molar-refractivity contribution in [2.24, 2.45) is 0 Å². The fraction of sp³-hybridized carbons (Fsp3) is 0.312. The third kappa shape index (κ3) is 8.24. The maximum absolute atomic E-state index is 13.1. The number of hydrogen-bond donors (Lipinski definition) is 0. The summed E-state index contributed by atoms with van der Waals surface area (Å²) >= 11 is 0. The summed E-state index contributed by atoms with van der Waals surface area (Å²) < 4.78 is 78.8. The molecule has 8 heteroatoms. The Labute approximate surface area is 237 Å². The Balaban J connectivity index is 0.00000441. The van der Waals surface area contributed by atoms with E-state index in [-0.39, 0.29) is 18.4 Å². The predicted octanol–water partition coefficient (Wildman–Crippen LogP) is 9.93. The molecule has 0 saturated carbocycles. The van der Waals surface area contributed by atoms with Crippen molar-refractivity contribution >= 4 is 23.2 Å². The molecule has 0 spiro atoms. The van der Waals surface area contributed by atoms with Crippen LogP contribution < -0.4 is 0 Å². The maximum Gasteiger partial charge on any atom is 0.416 e. The van der Waals surface area contributed by atoms with Crippen LogP contribution in [0.4, 0.5) is 26.3 Å². The minimum Gasteiger partial charge on any atom is -0.297 e. The van der Waals surface area contributed by atoms with Crippen molar-refractivity contribution in [3.8, 4) is 0 Å². The molecule has 0 aliphatic carbocycles. The van der Waals surface area contributed by atoms with Gasteiger partial charge in [-0.2, -0.15) is 26.3 Å². The number of alkyl halides is 6. The third-order valence-corrected chi connectivity index (χ3v) is 7.15. The lowest BCUT2D eigenvalue weighted by Crippen LogP contribution is -2.30. The van der Waals surface area contributed by atoms with Crippen molar-refractivity contribution in [1.82, 2.24) is 4.90 Å². The monoisotopic (exact) mass is 579 g/mol. The molecule has 0 radical (unpaired) electrons. The van der Waals surface area contributed by atoms with Crippen LogP contribution in [0, 0.1) is 0 Å². The molecule has 0 N–H and O–H groups in total. The second-order valence-electron chi connectivity index (χ2n) is 9.88. The van der Waals surface area contributed by atoms with Gasteiger partial charge in [0.1, 0.15) is 0 Å². The highest BCUT2D eigenvalue weighted by molar-refractivity contribution is 5.86. The SMILES string of the molecule is C[C@H](c1cccc2ccccc12)N(CCCc1cccc(C(F)(F)F)c1)CCCc1cccc(C(F)(F)F)c1.Cl. The number of fused-ring (bicyclic) bond motifs is 1. The first kappa shape index (κ1) is 31.5. The van der Waals surface area contributed by atoms with Crippen molar-refractivity contribution in [3.05, 3.63) is 119 Å². The maximum atomic E-state index is 13.1. The molecule has 0 unspecified atom stereocenters. The Hall–Kier alpha value is -3.03. The van der Waals surface area contributed by atoms with E-state index in [0.29, 0.717) is 49.9 Å². The zero-order valence-electron chi connectivity index (χ0n) is 22.1. The van der Waals surface area contributed by atoms with Crippen molar-refractivity contribution in [3.63, 3.8) is 0 Å². The minimum atomic E-state index is -4.38. The van der Waals surface area contributed by atoms with Gasteiger partial charge in [0.05, 0.1) is 11.1 Å². The quantitative estimate of drug-likeness (QED) is 0.169. The molecule has 0 amide bonds. The summed E-state index contributed by atoms with van der Waals surface area (Å²) in [6, 6.07) is 25.1. The van der Waals surface area contributed by atoms with Crippen LogP contribution in [0.3, 0.4) is 0 Å². The molecule has 214 valence electrons. The molecule has 0 fully saturated rings. The van der Waals surface area contributed by atoms with Gasteiger partial charge in [-0.05, 0) is 85.3 Å². The van der Waals surface area contributed by atoms with E-state index in [1.807, 2.05) is 18.2 Å². The number of benzene rings is 4. The Morgan fingerprint density at radius 1 is 0.625 bits per heavy atom. The van der Waals surface area contributed by atoms with Crippen LogP contribution in [0.25, 0.3) is 10.8 Å². The van der Waals surface area contributed by atoms with Crippen molar-refractivity contribution in [2.45, 2.75) is 51.0 Å². The van der Waals surface area contributed by atoms with Crippen LogP contribution in [0.2, 0.25) is 0 Å². The van der Waals surface area contributed by atoms with E-state index in [1.165, 1.54) is 24.3 Å². The summed E-state index contributed by atoms with van der Waals surface area (Å²) in [5.74, 6) is 0. The molecule has 0 aromatic heterocycles. The molecule has 0 aliphatic rings. The van der Waals surface area contributed by atoms with Gasteiger partial charge in [-0.3, -0.25) is 4.90 Å². The van der Waals surface area contributed by atoms with E-state index in [4.69, 9.17) is 0 Å². The Morgan fingerprint density at radius 3 is 1.62 bits per heavy atom. The van der Waals surface area contributed by atoms with E-state index in [9.17, 15) is 26.3 Å². The number of aryl methyl sites for hydroxylation is 2. The summed E-state index contributed by atoms with van der Waals surface area (Å²) in [5.41, 5.74) is 1.11. The minimum absolute atomic E-state index is 0. The van der Waals surface area contributed by atoms with Gasteiger partial charge in [-0.1, -0.05) is 78.9 Å². The van der Waals surface area contributed by atoms with Gasteiger partial charge in [-0.25, -0.2) is 0 Å². The zero-order valence-corrected chi connectivity index (χ0v) is 22.9. The fourth-order valence-electron chi connectivity index (χ4n) is 5.09. The first-order valence-corrected chi connectivity index (χ1v) is 13.1. The van der Waals surface area contributed by atoms with Crippen LogP contribution >= 0.6 is 12.4 Å². The molecule has 0 heterocycles. The molecule has 0 aliphatic heterocycles. The lowest BCUT2D eigenvalue weighted by Gasteiger charge is -2.30. The van der Waals surface area contributed by atoms with Gasteiger partial charge in [0.15, 0.2) is 0 Å². The first-order chi connectivity index (χ1) is 18.5. The van der Waals surface area contributed by atoms with Crippen LogP contribution in [0.5, 0.6) is 0 Å². The Kier molecular flexibility index (Phi) is 10.7. The molecule has 4 rings (SSSR count). The Morgan fingerprint density at radius 2 is 1.10 bits per heavy atom. The third-order valence-electron chi connectivity index (χ3n) is 7.15. The average Bonchev–Trinajstić information content (AvgIpc) is 2.91. The molecular weight excluding hydrogens is 548 g/mol. The van der Waals surface area contributed by atoms with Crippen molar-refractivity contribution < 1.29 is 26.3 Å². The number of halogens is 7. The van der Waals surface area contributed by atoms with Gasteiger partial charge in [-0.15, -0.1) is 12.4 Å². The lowest BCUT2D eigenvalue weighted by atomic mass is 9.97. The first-order valence-electron chi connectivity index (χ1n) is 13.1. The molecule has 40 heavy (non-hydrogen) atoms. The molecule has 1 atom stereocenters. The number of hydrogen-bond acceptors (Lipinski definition) is 1. The summed E-state index contributed by atoms with van der Waals surface area (Å²) in [4.78, 5) is 2.28. The second-order valence-corrected chi connectivity index (χ2v) is 9.88. The van der Waals surface area contributed by atoms with E-state index < -0.39 is 23.5 Å². The van der Waals surface area contributed by atoms with Crippen molar-refractivity contribution in [1.29, 1.82) is 0 Å². The van der Waals surface area contributed by atoms with Crippen LogP contribution in [0.15, 0.2) is 91.0 Å². The number of nitrogens with zero attached hydrogens (tertiary/aromatic N) is 1. The Bertz CT molecular complexity index is 1310. The van der Waals surface area contributed by atoms with Gasteiger partial charge in [0.25, 0.3) is 0 Å². The van der Waals surface area contributed by atoms with E-state index in [1.54, 1.807) is 12.1 Å². The predicted molar refractivity (Wildman–Crippen MR) is 151 cm³/mol. The highest BCUT2D eigenvalue weighted by Gasteiger charge is 2.31. The average molecular weight is 580 g/mol. The van der Waals surface area contributed by atoms with Gasteiger partial charge in [0, 0.05) is 6.04 Å². The van der Waals surface area contributed by atoms with Gasteiger partial charge in [0.2, 0.25) is 0 Å². The second kappa shape index (κ2) is 13.6. The largest absolute Gasteiger partial charge is 0.416 e. The highest BCUT2D eigenvalue weighted by Crippen LogP contribution is 2.32. The summed E-state index contributed by atoms with van der Waals surface area (Å²) in [6.45, 7) is 3.39. The van der Waals surface area contributed by atoms with E-state index in [0.717, 1.165) is 28.5 Å². The molecule has 0 bridgehead atoms. The summed E-state index contributed by atoms with van der Waals surface area (Å²) in [6.07, 6.45) is -6.46. The standard InChI is InChI=1S/C32H31F6N.ClH/c1-23(29-18-6-14-26-13-2-3-17-30(26)29)39(19-7-11-24-9-4-15-27(21-24)31(33,34)35)20-8-12-25-10-5-16-28(22-25)32(36,37)38;/h2-6,9-10,13-18,21-23H,7-8,11-12,19-20H2,1H3;1H/t23-;/m1./s1. The van der Waals surface area contributed by atoms with Crippen molar-refractivity contribution in [2.75, 3.05) is 13.1 Å². The van der Waals surface area contributed by atoms with Crippen LogP contribution in [0.1, 0.15) is 53.6 Å². The molecular formula is C32H32ClF6N. The smallest absolute Gasteiger partial charge is 0.297 e. The highest BCUT2D eigenvalue weighted by atomic mass is 35.5. The van der Waals surface area contributed by atoms with E-state index in [2.05, 4.69) is 36.1 Å². The number of rotatable bonds is 10. The molecule has 0 saturated heterocycles.